The van der Waals surface area contributed by atoms with E-state index in [9.17, 15) is 4.79 Å². The van der Waals surface area contributed by atoms with Crippen LogP contribution < -0.4 is 10.6 Å². The van der Waals surface area contributed by atoms with Crippen LogP contribution in [0.15, 0.2) is 5.38 Å². The molecule has 1 saturated heterocycles. The average molecular weight is 326 g/mol. The Kier molecular flexibility index (Phi) is 7.29. The maximum atomic E-state index is 11.8. The summed E-state index contributed by atoms with van der Waals surface area (Å²) >= 11 is 1.55. The molecule has 4 nitrogen and oxygen atoms in total. The molecule has 0 saturated carbocycles. The number of nitrogens with one attached hydrogen (secondary N) is 2. The largest absolute Gasteiger partial charge is 0.350 e. The van der Waals surface area contributed by atoms with Gasteiger partial charge in [0, 0.05) is 36.3 Å². The Morgan fingerprint density at radius 3 is 2.53 bits per heavy atom. The lowest BCUT2D eigenvalue weighted by atomic mass is 9.98. The average Bonchev–Trinajstić information content (AvgIpc) is 2.62. The molecular weight excluding hydrogens is 305 g/mol. The number of thiazole rings is 1. The lowest BCUT2D eigenvalue weighted by Gasteiger charge is -2.26. The second-order valence-electron chi connectivity index (χ2n) is 5.52. The van der Waals surface area contributed by atoms with Gasteiger partial charge in [-0.1, -0.05) is 20.8 Å². The normalized spacial score (nSPS) is 14.9. The van der Waals surface area contributed by atoms with Crippen LogP contribution in [-0.2, 0) is 5.41 Å². The van der Waals surface area contributed by atoms with Crippen LogP contribution in [-0.4, -0.2) is 30.5 Å². The number of hydrogen-bond donors (Lipinski definition) is 2. The van der Waals surface area contributed by atoms with Gasteiger partial charge in [-0.25, -0.2) is 4.98 Å². The lowest BCUT2D eigenvalue weighted by Crippen LogP contribution is -2.48. The van der Waals surface area contributed by atoms with E-state index in [0.717, 1.165) is 24.6 Å². The molecule has 1 aromatic rings. The van der Waals surface area contributed by atoms with Gasteiger partial charge in [0.1, 0.15) is 5.69 Å². The van der Waals surface area contributed by atoms with E-state index < -0.39 is 0 Å². The van der Waals surface area contributed by atoms with Crippen molar-refractivity contribution in [3.05, 3.63) is 16.1 Å². The molecule has 110 valence electrons. The van der Waals surface area contributed by atoms with Gasteiger partial charge in [0.25, 0.3) is 5.91 Å². The van der Waals surface area contributed by atoms with E-state index >= 15 is 0 Å². The summed E-state index contributed by atoms with van der Waals surface area (Å²) in [6.45, 7) is 9.07. The Hall–Kier alpha value is -0.360. The van der Waals surface area contributed by atoms with Crippen molar-refractivity contribution in [1.29, 1.82) is 0 Å². The van der Waals surface area contributed by atoms with Crippen LogP contribution in [0.2, 0.25) is 0 Å². The number of carbonyl (C=O) groups is 1. The highest BCUT2D eigenvalue weighted by Crippen LogP contribution is 2.25. The molecule has 0 bridgehead atoms. The van der Waals surface area contributed by atoms with E-state index in [0.29, 0.717) is 11.6 Å². The van der Waals surface area contributed by atoms with Gasteiger partial charge in [0.05, 0.1) is 5.01 Å². The summed E-state index contributed by atoms with van der Waals surface area (Å²) in [6, 6.07) is 0. The van der Waals surface area contributed by atoms with Crippen molar-refractivity contribution >= 4 is 42.1 Å². The van der Waals surface area contributed by atoms with Crippen molar-refractivity contribution in [3.8, 4) is 0 Å². The molecule has 1 aliphatic heterocycles. The molecule has 0 aromatic carbocycles. The summed E-state index contributed by atoms with van der Waals surface area (Å²) < 4.78 is 0. The van der Waals surface area contributed by atoms with Crippen molar-refractivity contribution in [2.75, 3.05) is 19.6 Å². The summed E-state index contributed by atoms with van der Waals surface area (Å²) in [4.78, 5) is 16.2. The SMILES string of the molecule is CC(C)(C)c1nc(C(=O)NCC2CNC2)cs1.Cl.Cl. The highest BCUT2D eigenvalue weighted by Gasteiger charge is 2.21. The number of hydrogen-bond acceptors (Lipinski definition) is 4. The Labute approximate surface area is 130 Å². The zero-order valence-corrected chi connectivity index (χ0v) is 13.8. The van der Waals surface area contributed by atoms with Gasteiger partial charge >= 0.3 is 0 Å². The predicted molar refractivity (Wildman–Crippen MR) is 84.0 cm³/mol. The number of rotatable bonds is 3. The fourth-order valence-corrected chi connectivity index (χ4v) is 2.43. The van der Waals surface area contributed by atoms with Gasteiger partial charge in [-0.05, 0) is 0 Å². The van der Waals surface area contributed by atoms with Crippen LogP contribution >= 0.6 is 36.2 Å². The monoisotopic (exact) mass is 325 g/mol. The molecule has 0 aliphatic carbocycles. The quantitative estimate of drug-likeness (QED) is 0.896. The second kappa shape index (κ2) is 7.43. The Morgan fingerprint density at radius 2 is 2.11 bits per heavy atom. The Bertz CT molecular complexity index is 413. The van der Waals surface area contributed by atoms with Crippen LogP contribution in [0.5, 0.6) is 0 Å². The Balaban J connectivity index is 0.00000162. The summed E-state index contributed by atoms with van der Waals surface area (Å²) in [6.07, 6.45) is 0. The number of halogens is 2. The minimum Gasteiger partial charge on any atom is -0.350 e. The van der Waals surface area contributed by atoms with Crippen LogP contribution in [0.25, 0.3) is 0 Å². The molecule has 1 aliphatic rings. The number of amides is 1. The van der Waals surface area contributed by atoms with E-state index in [1.807, 2.05) is 5.38 Å². The molecule has 0 unspecified atom stereocenters. The first-order chi connectivity index (χ1) is 7.97. The summed E-state index contributed by atoms with van der Waals surface area (Å²) in [7, 11) is 0. The number of aromatic nitrogens is 1. The van der Waals surface area contributed by atoms with Crippen molar-refractivity contribution in [2.45, 2.75) is 26.2 Å². The van der Waals surface area contributed by atoms with Gasteiger partial charge in [-0.3, -0.25) is 4.79 Å². The number of nitrogens with zero attached hydrogens (tertiary/aromatic N) is 1. The molecule has 7 heteroatoms. The maximum Gasteiger partial charge on any atom is 0.270 e. The third-order valence-electron chi connectivity index (χ3n) is 2.80. The fraction of sp³-hybridized carbons (Fsp3) is 0.667. The number of carbonyl (C=O) groups excluding carboxylic acids is 1. The third kappa shape index (κ3) is 4.91. The van der Waals surface area contributed by atoms with Crippen molar-refractivity contribution in [3.63, 3.8) is 0 Å². The molecular formula is C12H21Cl2N3OS. The molecule has 0 atom stereocenters. The summed E-state index contributed by atoms with van der Waals surface area (Å²) in [5.74, 6) is 0.531. The van der Waals surface area contributed by atoms with E-state index in [4.69, 9.17) is 0 Å². The van der Waals surface area contributed by atoms with Gasteiger partial charge in [-0.2, -0.15) is 0 Å². The molecule has 0 radical (unpaired) electrons. The fourth-order valence-electron chi connectivity index (χ4n) is 1.54. The lowest BCUT2D eigenvalue weighted by molar-refractivity contribution is 0.0937. The maximum absolute atomic E-state index is 11.8. The highest BCUT2D eigenvalue weighted by atomic mass is 35.5. The molecule has 0 spiro atoms. The third-order valence-corrected chi connectivity index (χ3v) is 4.06. The second-order valence-corrected chi connectivity index (χ2v) is 6.38. The first-order valence-corrected chi connectivity index (χ1v) is 6.79. The summed E-state index contributed by atoms with van der Waals surface area (Å²) in [5, 5.41) is 8.96. The zero-order chi connectivity index (χ0) is 12.5. The van der Waals surface area contributed by atoms with Gasteiger partial charge < -0.3 is 10.6 Å². The summed E-state index contributed by atoms with van der Waals surface area (Å²) in [5.41, 5.74) is 0.563. The van der Waals surface area contributed by atoms with Crippen LogP contribution in [0.1, 0.15) is 36.3 Å². The van der Waals surface area contributed by atoms with Crippen molar-refractivity contribution in [2.24, 2.45) is 5.92 Å². The molecule has 1 aromatic heterocycles. The van der Waals surface area contributed by atoms with Gasteiger partial charge in [0.2, 0.25) is 0 Å². The first-order valence-electron chi connectivity index (χ1n) is 5.92. The highest BCUT2D eigenvalue weighted by molar-refractivity contribution is 7.10. The molecule has 19 heavy (non-hydrogen) atoms. The van der Waals surface area contributed by atoms with Crippen molar-refractivity contribution in [1.82, 2.24) is 15.6 Å². The minimum absolute atomic E-state index is 0. The molecule has 2 heterocycles. The first kappa shape index (κ1) is 18.6. The van der Waals surface area contributed by atoms with Crippen LogP contribution in [0, 0.1) is 5.92 Å². The van der Waals surface area contributed by atoms with Gasteiger partial charge in [0.15, 0.2) is 0 Å². The minimum atomic E-state index is -0.0522. The van der Waals surface area contributed by atoms with E-state index in [1.165, 1.54) is 0 Å². The molecule has 2 rings (SSSR count). The van der Waals surface area contributed by atoms with E-state index in [2.05, 4.69) is 36.4 Å². The zero-order valence-electron chi connectivity index (χ0n) is 11.4. The van der Waals surface area contributed by atoms with E-state index in [-0.39, 0.29) is 36.1 Å². The van der Waals surface area contributed by atoms with E-state index in [1.54, 1.807) is 11.3 Å². The van der Waals surface area contributed by atoms with Crippen LogP contribution in [0.4, 0.5) is 0 Å². The predicted octanol–water partition coefficient (Wildman–Crippen LogP) is 2.23. The Morgan fingerprint density at radius 1 is 1.47 bits per heavy atom. The molecule has 2 N–H and O–H groups in total. The van der Waals surface area contributed by atoms with Crippen LogP contribution in [0.3, 0.4) is 0 Å². The van der Waals surface area contributed by atoms with Gasteiger partial charge in [-0.15, -0.1) is 36.2 Å². The van der Waals surface area contributed by atoms with Crippen molar-refractivity contribution < 1.29 is 4.79 Å². The molecule has 1 fully saturated rings. The topological polar surface area (TPSA) is 54.0 Å². The standard InChI is InChI=1S/C12H19N3OS.2ClH/c1-12(2,3)11-15-9(7-17-11)10(16)14-6-8-4-13-5-8;;/h7-8,13H,4-6H2,1-3H3,(H,14,16);2*1H. The smallest absolute Gasteiger partial charge is 0.270 e. The molecule has 1 amide bonds.